The molecule has 3 aromatic rings. The maximum absolute atomic E-state index is 13.1. The zero-order valence-corrected chi connectivity index (χ0v) is 22.4. The lowest BCUT2D eigenvalue weighted by Gasteiger charge is -2.25. The largest absolute Gasteiger partial charge is 0.460 e. The smallest absolute Gasteiger partial charge is 0.323 e. The number of benzene rings is 3. The molecule has 0 aliphatic rings. The Morgan fingerprint density at radius 1 is 0.889 bits per heavy atom. The summed E-state index contributed by atoms with van der Waals surface area (Å²) >= 11 is 13.0. The first-order valence-electron chi connectivity index (χ1n) is 11.8. The molecule has 0 radical (unpaired) electrons. The van der Waals surface area contributed by atoms with Crippen molar-refractivity contribution in [2.45, 2.75) is 58.4 Å². The van der Waals surface area contributed by atoms with E-state index < -0.39 is 29.6 Å². The Morgan fingerprint density at radius 2 is 1.56 bits per heavy atom. The number of hydrogen-bond acceptors (Lipinski definition) is 5. The normalized spacial score (nSPS) is 13.1. The molecule has 1 N–H and O–H groups in total. The molecule has 0 bridgehead atoms. The van der Waals surface area contributed by atoms with Crippen LogP contribution in [0.15, 0.2) is 72.8 Å². The van der Waals surface area contributed by atoms with E-state index in [1.165, 1.54) is 0 Å². The fraction of sp³-hybridized carbons (Fsp3) is 0.310. The van der Waals surface area contributed by atoms with Crippen LogP contribution < -0.4 is 5.32 Å². The van der Waals surface area contributed by atoms with E-state index in [2.05, 4.69) is 5.32 Å². The fourth-order valence-electron chi connectivity index (χ4n) is 3.60. The zero-order valence-electron chi connectivity index (χ0n) is 20.9. The second kappa shape index (κ2) is 12.4. The van der Waals surface area contributed by atoms with Crippen LogP contribution in [0.2, 0.25) is 10.0 Å². The second-order valence-corrected chi connectivity index (χ2v) is 10.4. The van der Waals surface area contributed by atoms with Crippen LogP contribution in [-0.4, -0.2) is 29.6 Å². The van der Waals surface area contributed by atoms with E-state index >= 15 is 0 Å². The van der Waals surface area contributed by atoms with Gasteiger partial charge in [0.1, 0.15) is 24.3 Å². The highest BCUT2D eigenvalue weighted by atomic mass is 35.5. The summed E-state index contributed by atoms with van der Waals surface area (Å²) in [7, 11) is 0. The van der Waals surface area contributed by atoms with Gasteiger partial charge in [-0.2, -0.15) is 0 Å². The number of carbonyl (C=O) groups excluding carboxylic acids is 2. The Kier molecular flexibility index (Phi) is 9.55. The molecule has 0 amide bonds. The highest BCUT2D eigenvalue weighted by Crippen LogP contribution is 2.31. The van der Waals surface area contributed by atoms with Gasteiger partial charge in [0.25, 0.3) is 0 Å². The van der Waals surface area contributed by atoms with Crippen LogP contribution in [0.5, 0.6) is 0 Å². The number of halogens is 2. The minimum Gasteiger partial charge on any atom is -0.460 e. The lowest BCUT2D eigenvalue weighted by molar-refractivity contribution is -0.158. The number of rotatable bonds is 9. The predicted octanol–water partition coefficient (Wildman–Crippen LogP) is 6.63. The van der Waals surface area contributed by atoms with Crippen molar-refractivity contribution in [2.24, 2.45) is 0 Å². The predicted molar refractivity (Wildman–Crippen MR) is 144 cm³/mol. The minimum atomic E-state index is -0.820. The molecule has 0 aromatic heterocycles. The van der Waals surface area contributed by atoms with Crippen molar-refractivity contribution in [1.82, 2.24) is 5.32 Å². The Hall–Kier alpha value is -2.86. The van der Waals surface area contributed by atoms with Gasteiger partial charge in [-0.05, 0) is 62.9 Å². The lowest BCUT2D eigenvalue weighted by Crippen LogP contribution is -2.49. The molecule has 0 aliphatic carbocycles. The summed E-state index contributed by atoms with van der Waals surface area (Å²) in [5.41, 5.74) is 2.69. The number of carbonyl (C=O) groups is 2. The molecule has 0 heterocycles. The van der Waals surface area contributed by atoms with E-state index in [0.29, 0.717) is 10.0 Å². The molecular formula is C29H31Cl2NO4. The molecule has 2 atom stereocenters. The third-order valence-corrected chi connectivity index (χ3v) is 6.06. The Bertz CT molecular complexity index is 1190. The SMILES string of the molecule is C[C@H](N[C@@H](Cc1ccc(-c2ccccc2Cl)cc1Cl)C(=O)OCc1ccccc1)C(=O)OC(C)(C)C. The summed E-state index contributed by atoms with van der Waals surface area (Å²) in [6, 6.07) is 21.0. The van der Waals surface area contributed by atoms with Gasteiger partial charge in [-0.15, -0.1) is 0 Å². The quantitative estimate of drug-likeness (QED) is 0.316. The van der Waals surface area contributed by atoms with E-state index in [0.717, 1.165) is 22.3 Å². The van der Waals surface area contributed by atoms with E-state index in [1.54, 1.807) is 27.7 Å². The van der Waals surface area contributed by atoms with E-state index in [9.17, 15) is 9.59 Å². The monoisotopic (exact) mass is 527 g/mol. The number of nitrogens with one attached hydrogen (secondary N) is 1. The standard InChI is InChI=1S/C29H31Cl2NO4/c1-19(27(33)36-29(2,3)4)32-26(28(34)35-18-20-10-6-5-7-11-20)17-22-15-14-21(16-25(22)31)23-12-8-9-13-24(23)30/h5-16,19,26,32H,17-18H2,1-4H3/t19-,26-/m0/s1. The molecule has 0 spiro atoms. The van der Waals surface area contributed by atoms with Crippen LogP contribution >= 0.6 is 23.2 Å². The Balaban J connectivity index is 1.79. The molecule has 0 saturated heterocycles. The average molecular weight is 528 g/mol. The van der Waals surface area contributed by atoms with Crippen molar-refractivity contribution in [2.75, 3.05) is 0 Å². The topological polar surface area (TPSA) is 64.6 Å². The van der Waals surface area contributed by atoms with Crippen molar-refractivity contribution in [3.8, 4) is 11.1 Å². The van der Waals surface area contributed by atoms with Crippen LogP contribution in [0.3, 0.4) is 0 Å². The van der Waals surface area contributed by atoms with Gasteiger partial charge < -0.3 is 9.47 Å². The van der Waals surface area contributed by atoms with Crippen LogP contribution in [0.4, 0.5) is 0 Å². The molecule has 3 aromatic carbocycles. The summed E-state index contributed by atoms with van der Waals surface area (Å²) in [6.07, 6.45) is 0.225. The minimum absolute atomic E-state index is 0.123. The van der Waals surface area contributed by atoms with Gasteiger partial charge >= 0.3 is 11.9 Å². The first kappa shape index (κ1) is 27.7. The van der Waals surface area contributed by atoms with Crippen molar-refractivity contribution >= 4 is 35.1 Å². The van der Waals surface area contributed by atoms with Crippen molar-refractivity contribution in [3.05, 3.63) is 94.0 Å². The van der Waals surface area contributed by atoms with Gasteiger partial charge in [-0.3, -0.25) is 14.9 Å². The van der Waals surface area contributed by atoms with Crippen molar-refractivity contribution in [1.29, 1.82) is 0 Å². The summed E-state index contributed by atoms with van der Waals surface area (Å²) in [4.78, 5) is 25.7. The summed E-state index contributed by atoms with van der Waals surface area (Å²) in [5, 5.41) is 4.19. The third kappa shape index (κ3) is 8.09. The fourth-order valence-corrected chi connectivity index (χ4v) is 4.10. The summed E-state index contributed by atoms with van der Waals surface area (Å²) in [6.45, 7) is 7.17. The molecule has 7 heteroatoms. The van der Waals surface area contributed by atoms with Crippen LogP contribution in [0.25, 0.3) is 11.1 Å². The van der Waals surface area contributed by atoms with Gasteiger partial charge in [-0.25, -0.2) is 0 Å². The number of esters is 2. The molecule has 0 fully saturated rings. The van der Waals surface area contributed by atoms with Gasteiger partial charge in [-0.1, -0.05) is 83.9 Å². The Labute approximate surface area is 222 Å². The van der Waals surface area contributed by atoms with Gasteiger partial charge in [0, 0.05) is 15.6 Å². The van der Waals surface area contributed by atoms with Crippen molar-refractivity contribution < 1.29 is 19.1 Å². The molecule has 36 heavy (non-hydrogen) atoms. The molecule has 3 rings (SSSR count). The van der Waals surface area contributed by atoms with Gasteiger partial charge in [0.05, 0.1) is 0 Å². The molecule has 0 saturated carbocycles. The molecular weight excluding hydrogens is 497 g/mol. The van der Waals surface area contributed by atoms with E-state index in [1.807, 2.05) is 72.8 Å². The van der Waals surface area contributed by atoms with Crippen LogP contribution in [0, 0.1) is 0 Å². The molecule has 0 aliphatic heterocycles. The molecule has 5 nitrogen and oxygen atoms in total. The maximum Gasteiger partial charge on any atom is 0.323 e. The third-order valence-electron chi connectivity index (χ3n) is 5.38. The highest BCUT2D eigenvalue weighted by molar-refractivity contribution is 6.34. The van der Waals surface area contributed by atoms with Gasteiger partial charge in [0.15, 0.2) is 0 Å². The Morgan fingerprint density at radius 3 is 2.19 bits per heavy atom. The second-order valence-electron chi connectivity index (χ2n) is 9.56. The lowest BCUT2D eigenvalue weighted by atomic mass is 10.00. The van der Waals surface area contributed by atoms with Crippen LogP contribution in [-0.2, 0) is 32.1 Å². The van der Waals surface area contributed by atoms with Gasteiger partial charge in [0.2, 0.25) is 0 Å². The molecule has 190 valence electrons. The first-order chi connectivity index (χ1) is 17.0. The average Bonchev–Trinajstić information content (AvgIpc) is 2.83. The number of hydrogen-bond donors (Lipinski definition) is 1. The highest BCUT2D eigenvalue weighted by Gasteiger charge is 2.29. The summed E-state index contributed by atoms with van der Waals surface area (Å²) in [5.74, 6) is -0.941. The summed E-state index contributed by atoms with van der Waals surface area (Å²) < 4.78 is 11.0. The maximum atomic E-state index is 13.1. The zero-order chi connectivity index (χ0) is 26.3. The number of ether oxygens (including phenoxy) is 2. The molecule has 0 unspecified atom stereocenters. The van der Waals surface area contributed by atoms with E-state index in [-0.39, 0.29) is 13.0 Å². The first-order valence-corrected chi connectivity index (χ1v) is 12.5. The van der Waals surface area contributed by atoms with E-state index in [4.69, 9.17) is 32.7 Å². The van der Waals surface area contributed by atoms with Crippen LogP contribution in [0.1, 0.15) is 38.8 Å². The van der Waals surface area contributed by atoms with Crippen molar-refractivity contribution in [3.63, 3.8) is 0 Å².